The fourth-order valence-corrected chi connectivity index (χ4v) is 1.12. The molecule has 0 unspecified atom stereocenters. The molecule has 72 valence electrons. The summed E-state index contributed by atoms with van der Waals surface area (Å²) < 4.78 is 1.84. The fraction of sp³-hybridized carbons (Fsp3) is 0.556. The Labute approximate surface area is 77.9 Å². The van der Waals surface area contributed by atoms with E-state index in [1.165, 1.54) is 6.92 Å². The number of aromatic nitrogens is 2. The van der Waals surface area contributed by atoms with E-state index in [4.69, 9.17) is 0 Å². The van der Waals surface area contributed by atoms with Gasteiger partial charge >= 0.3 is 0 Å². The number of hydrogen-bond acceptors (Lipinski definition) is 2. The second-order valence-corrected chi connectivity index (χ2v) is 3.13. The van der Waals surface area contributed by atoms with Gasteiger partial charge in [-0.1, -0.05) is 0 Å². The summed E-state index contributed by atoms with van der Waals surface area (Å²) in [7, 11) is 1.91. The van der Waals surface area contributed by atoms with Gasteiger partial charge in [0.05, 0.1) is 5.69 Å². The van der Waals surface area contributed by atoms with Crippen LogP contribution in [0.15, 0.2) is 6.07 Å². The molecule has 0 aliphatic heterocycles. The number of hydrogen-bond donors (Lipinski definition) is 1. The minimum atomic E-state index is 0.00709. The normalized spacial score (nSPS) is 10.1. The number of aryl methyl sites for hydroxylation is 2. The highest BCUT2D eigenvalue weighted by atomic mass is 16.1. The molecule has 0 saturated carbocycles. The molecule has 1 rings (SSSR count). The Bertz CT molecular complexity index is 284. The van der Waals surface area contributed by atoms with Crippen molar-refractivity contribution in [3.63, 3.8) is 0 Å². The Morgan fingerprint density at radius 3 is 2.85 bits per heavy atom. The maximum Gasteiger partial charge on any atom is 0.216 e. The first kappa shape index (κ1) is 9.77. The third-order valence-corrected chi connectivity index (χ3v) is 1.92. The molecule has 0 spiro atoms. The topological polar surface area (TPSA) is 46.9 Å². The van der Waals surface area contributed by atoms with Crippen LogP contribution in [-0.4, -0.2) is 22.2 Å². The largest absolute Gasteiger partial charge is 0.356 e. The van der Waals surface area contributed by atoms with E-state index < -0.39 is 0 Å². The Morgan fingerprint density at radius 1 is 1.69 bits per heavy atom. The molecule has 4 heteroatoms. The van der Waals surface area contributed by atoms with E-state index in [9.17, 15) is 4.79 Å². The van der Waals surface area contributed by atoms with E-state index in [1.54, 1.807) is 0 Å². The summed E-state index contributed by atoms with van der Waals surface area (Å²) in [6.07, 6.45) is 0.793. The van der Waals surface area contributed by atoms with Crippen LogP contribution in [0.2, 0.25) is 0 Å². The van der Waals surface area contributed by atoms with Crippen molar-refractivity contribution in [2.75, 3.05) is 6.54 Å². The van der Waals surface area contributed by atoms with Gasteiger partial charge in [-0.15, -0.1) is 0 Å². The molecule has 1 N–H and O–H groups in total. The Morgan fingerprint density at radius 2 is 2.38 bits per heavy atom. The average Bonchev–Trinajstić information content (AvgIpc) is 2.30. The highest BCUT2D eigenvalue weighted by molar-refractivity contribution is 5.72. The van der Waals surface area contributed by atoms with Gasteiger partial charge in [-0.05, 0) is 13.0 Å². The van der Waals surface area contributed by atoms with Crippen LogP contribution in [-0.2, 0) is 18.3 Å². The van der Waals surface area contributed by atoms with Crippen LogP contribution in [0, 0.1) is 6.92 Å². The first-order valence-electron chi connectivity index (χ1n) is 4.33. The van der Waals surface area contributed by atoms with Crippen LogP contribution >= 0.6 is 0 Å². The van der Waals surface area contributed by atoms with Crippen LogP contribution in [0.25, 0.3) is 0 Å². The van der Waals surface area contributed by atoms with Gasteiger partial charge in [0.2, 0.25) is 5.91 Å². The van der Waals surface area contributed by atoms with Gasteiger partial charge in [0, 0.05) is 32.6 Å². The molecule has 0 aliphatic rings. The molecule has 0 saturated heterocycles. The molecule has 13 heavy (non-hydrogen) atoms. The summed E-state index contributed by atoms with van der Waals surface area (Å²) in [5, 5.41) is 7.01. The molecule has 1 amide bonds. The molecular weight excluding hydrogens is 166 g/mol. The molecule has 1 heterocycles. The Kier molecular flexibility index (Phi) is 3.06. The third kappa shape index (κ3) is 2.89. The standard InChI is InChI=1S/C9H15N3O/c1-7-6-9(11-12(7)3)4-5-10-8(2)13/h6H,4-5H2,1-3H3,(H,10,13). The van der Waals surface area contributed by atoms with Crippen molar-refractivity contribution in [3.8, 4) is 0 Å². The zero-order valence-corrected chi connectivity index (χ0v) is 8.29. The molecular formula is C9H15N3O. The number of carbonyl (C=O) groups excluding carboxylic acids is 1. The maximum absolute atomic E-state index is 10.6. The zero-order chi connectivity index (χ0) is 9.84. The number of rotatable bonds is 3. The van der Waals surface area contributed by atoms with Gasteiger partial charge in [0.1, 0.15) is 0 Å². The molecule has 0 atom stereocenters. The SMILES string of the molecule is CC(=O)NCCc1cc(C)n(C)n1. The summed E-state index contributed by atoms with van der Waals surface area (Å²) in [4.78, 5) is 10.6. The van der Waals surface area contributed by atoms with Gasteiger partial charge in [-0.2, -0.15) is 5.10 Å². The number of amides is 1. The Hall–Kier alpha value is -1.32. The molecule has 1 aromatic heterocycles. The van der Waals surface area contributed by atoms with E-state index in [1.807, 2.05) is 24.7 Å². The first-order valence-corrected chi connectivity index (χ1v) is 4.33. The number of nitrogens with one attached hydrogen (secondary N) is 1. The zero-order valence-electron chi connectivity index (χ0n) is 8.29. The van der Waals surface area contributed by atoms with Gasteiger partial charge in [0.25, 0.3) is 0 Å². The number of carbonyl (C=O) groups is 1. The summed E-state index contributed by atoms with van der Waals surface area (Å²) in [6.45, 7) is 4.18. The lowest BCUT2D eigenvalue weighted by Gasteiger charge is -1.97. The van der Waals surface area contributed by atoms with Crippen molar-refractivity contribution in [2.24, 2.45) is 7.05 Å². The molecule has 0 radical (unpaired) electrons. The molecule has 1 aromatic rings. The van der Waals surface area contributed by atoms with Crippen molar-refractivity contribution in [3.05, 3.63) is 17.5 Å². The van der Waals surface area contributed by atoms with Crippen molar-refractivity contribution < 1.29 is 4.79 Å². The highest BCUT2D eigenvalue weighted by Gasteiger charge is 2.00. The van der Waals surface area contributed by atoms with E-state index in [-0.39, 0.29) is 5.91 Å². The van der Waals surface area contributed by atoms with Gasteiger partial charge in [0.15, 0.2) is 0 Å². The van der Waals surface area contributed by atoms with Gasteiger partial charge < -0.3 is 5.32 Å². The second kappa shape index (κ2) is 4.07. The highest BCUT2D eigenvalue weighted by Crippen LogP contribution is 2.00. The van der Waals surface area contributed by atoms with Crippen molar-refractivity contribution in [2.45, 2.75) is 20.3 Å². The molecule has 0 bridgehead atoms. The summed E-state index contributed by atoms with van der Waals surface area (Å²) in [6, 6.07) is 2.03. The van der Waals surface area contributed by atoms with Gasteiger partial charge in [-0.3, -0.25) is 9.48 Å². The van der Waals surface area contributed by atoms with Crippen molar-refractivity contribution >= 4 is 5.91 Å². The summed E-state index contributed by atoms with van der Waals surface area (Å²) in [5.41, 5.74) is 2.16. The lowest BCUT2D eigenvalue weighted by atomic mass is 10.3. The van der Waals surface area contributed by atoms with Crippen LogP contribution in [0.5, 0.6) is 0 Å². The van der Waals surface area contributed by atoms with Crippen molar-refractivity contribution in [1.29, 1.82) is 0 Å². The quantitative estimate of drug-likeness (QED) is 0.734. The lowest BCUT2D eigenvalue weighted by molar-refractivity contribution is -0.118. The molecule has 4 nitrogen and oxygen atoms in total. The van der Waals surface area contributed by atoms with Crippen LogP contribution in [0.1, 0.15) is 18.3 Å². The average molecular weight is 181 g/mol. The summed E-state index contributed by atoms with van der Waals surface area (Å²) >= 11 is 0. The third-order valence-electron chi connectivity index (χ3n) is 1.92. The van der Waals surface area contributed by atoms with Crippen LogP contribution < -0.4 is 5.32 Å². The van der Waals surface area contributed by atoms with E-state index in [0.717, 1.165) is 17.8 Å². The smallest absolute Gasteiger partial charge is 0.216 e. The lowest BCUT2D eigenvalue weighted by Crippen LogP contribution is -2.22. The predicted octanol–water partition coefficient (Wildman–Crippen LogP) is 0.407. The van der Waals surface area contributed by atoms with Crippen molar-refractivity contribution in [1.82, 2.24) is 15.1 Å². The number of nitrogens with zero attached hydrogens (tertiary/aromatic N) is 2. The van der Waals surface area contributed by atoms with Crippen LogP contribution in [0.3, 0.4) is 0 Å². The van der Waals surface area contributed by atoms with Crippen LogP contribution in [0.4, 0.5) is 0 Å². The summed E-state index contributed by atoms with van der Waals surface area (Å²) in [5.74, 6) is 0.00709. The van der Waals surface area contributed by atoms with Gasteiger partial charge in [-0.25, -0.2) is 0 Å². The fourth-order valence-electron chi connectivity index (χ4n) is 1.12. The monoisotopic (exact) mass is 181 g/mol. The Balaban J connectivity index is 2.41. The maximum atomic E-state index is 10.6. The first-order chi connectivity index (χ1) is 6.09. The molecule has 0 aliphatic carbocycles. The molecule has 0 aromatic carbocycles. The van der Waals surface area contributed by atoms with E-state index in [0.29, 0.717) is 6.54 Å². The van der Waals surface area contributed by atoms with E-state index in [2.05, 4.69) is 10.4 Å². The predicted molar refractivity (Wildman–Crippen MR) is 50.3 cm³/mol. The molecule has 0 fully saturated rings. The second-order valence-electron chi connectivity index (χ2n) is 3.13. The van der Waals surface area contributed by atoms with E-state index >= 15 is 0 Å². The minimum absolute atomic E-state index is 0.00709. The minimum Gasteiger partial charge on any atom is -0.356 e.